The van der Waals surface area contributed by atoms with E-state index in [1.54, 1.807) is 7.05 Å². The van der Waals surface area contributed by atoms with Gasteiger partial charge in [0.1, 0.15) is 12.2 Å². The summed E-state index contributed by atoms with van der Waals surface area (Å²) in [4.78, 5) is 10.5. The standard InChI is InChI=1S/C20H30F3N5O.HI/c1-24-19(27-15-8-12-28(13-9-15)16-5-2-3-6-16)26-11-14-29-18-17(20(21,22)23)7-4-10-25-18;/h4,7,10,15-16H,2-3,5-6,8-9,11-14H2,1H3,(H2,24,26,27);1H. The lowest BCUT2D eigenvalue weighted by Crippen LogP contribution is -2.50. The molecule has 1 saturated heterocycles. The van der Waals surface area contributed by atoms with E-state index in [-0.39, 0.29) is 30.6 Å². The Balaban J connectivity index is 0.00000320. The molecule has 1 aliphatic carbocycles. The van der Waals surface area contributed by atoms with Crippen LogP contribution in [0, 0.1) is 0 Å². The summed E-state index contributed by atoms with van der Waals surface area (Å²) in [6, 6.07) is 3.33. The van der Waals surface area contributed by atoms with E-state index in [0.717, 1.165) is 38.0 Å². The van der Waals surface area contributed by atoms with Crippen molar-refractivity contribution < 1.29 is 17.9 Å². The van der Waals surface area contributed by atoms with Gasteiger partial charge in [-0.25, -0.2) is 4.98 Å². The number of hydrogen-bond donors (Lipinski definition) is 2. The molecule has 0 bridgehead atoms. The van der Waals surface area contributed by atoms with Gasteiger partial charge in [-0.3, -0.25) is 4.99 Å². The smallest absolute Gasteiger partial charge is 0.421 e. The monoisotopic (exact) mass is 541 g/mol. The second kappa shape index (κ2) is 11.9. The molecular formula is C20H31F3IN5O. The number of likely N-dealkylation sites (tertiary alicyclic amines) is 1. The molecule has 0 spiro atoms. The molecule has 2 N–H and O–H groups in total. The van der Waals surface area contributed by atoms with Crippen molar-refractivity contribution in [2.24, 2.45) is 4.99 Å². The normalized spacial score (nSPS) is 19.4. The molecule has 1 aromatic heterocycles. The van der Waals surface area contributed by atoms with Crippen LogP contribution in [0.5, 0.6) is 5.88 Å². The Labute approximate surface area is 193 Å². The van der Waals surface area contributed by atoms with Crippen molar-refractivity contribution in [2.45, 2.75) is 56.8 Å². The summed E-state index contributed by atoms with van der Waals surface area (Å²) >= 11 is 0. The van der Waals surface area contributed by atoms with Gasteiger partial charge < -0.3 is 20.3 Å². The molecule has 2 heterocycles. The van der Waals surface area contributed by atoms with Crippen molar-refractivity contribution in [2.75, 3.05) is 33.3 Å². The van der Waals surface area contributed by atoms with E-state index < -0.39 is 17.6 Å². The predicted molar refractivity (Wildman–Crippen MR) is 121 cm³/mol. The number of halogens is 4. The molecule has 1 aliphatic heterocycles. The highest BCUT2D eigenvalue weighted by molar-refractivity contribution is 14.0. The number of piperidine rings is 1. The molecule has 0 aromatic carbocycles. The van der Waals surface area contributed by atoms with E-state index in [1.807, 2.05) is 0 Å². The number of aromatic nitrogens is 1. The van der Waals surface area contributed by atoms with Gasteiger partial charge >= 0.3 is 6.18 Å². The molecule has 0 atom stereocenters. The van der Waals surface area contributed by atoms with Crippen LogP contribution in [0.1, 0.15) is 44.1 Å². The minimum atomic E-state index is -4.48. The van der Waals surface area contributed by atoms with Gasteiger partial charge in [-0.15, -0.1) is 24.0 Å². The highest BCUT2D eigenvalue weighted by Gasteiger charge is 2.35. The Morgan fingerprint density at radius 1 is 1.23 bits per heavy atom. The number of ether oxygens (including phenoxy) is 1. The predicted octanol–water partition coefficient (Wildman–Crippen LogP) is 3.67. The van der Waals surface area contributed by atoms with Crippen LogP contribution in [-0.4, -0.2) is 61.2 Å². The zero-order chi connectivity index (χ0) is 20.7. The quantitative estimate of drug-likeness (QED) is 0.249. The van der Waals surface area contributed by atoms with Crippen LogP contribution in [-0.2, 0) is 6.18 Å². The molecule has 1 aromatic rings. The molecule has 170 valence electrons. The Morgan fingerprint density at radius 3 is 2.57 bits per heavy atom. The van der Waals surface area contributed by atoms with E-state index in [0.29, 0.717) is 18.5 Å². The number of guanidine groups is 1. The fourth-order valence-corrected chi connectivity index (χ4v) is 4.11. The van der Waals surface area contributed by atoms with Crippen LogP contribution in [0.15, 0.2) is 23.3 Å². The second-order valence-corrected chi connectivity index (χ2v) is 7.59. The van der Waals surface area contributed by atoms with Crippen LogP contribution in [0.2, 0.25) is 0 Å². The fourth-order valence-electron chi connectivity index (χ4n) is 4.11. The summed E-state index contributed by atoms with van der Waals surface area (Å²) in [6.45, 7) is 2.58. The lowest BCUT2D eigenvalue weighted by molar-refractivity contribution is -0.139. The number of nitrogens with one attached hydrogen (secondary N) is 2. The Hall–Kier alpha value is -1.30. The molecule has 30 heavy (non-hydrogen) atoms. The Morgan fingerprint density at radius 2 is 1.93 bits per heavy atom. The Bertz CT molecular complexity index is 675. The summed E-state index contributed by atoms with van der Waals surface area (Å²) in [5, 5.41) is 6.51. The van der Waals surface area contributed by atoms with Gasteiger partial charge in [0.15, 0.2) is 5.96 Å². The van der Waals surface area contributed by atoms with Crippen LogP contribution in [0.3, 0.4) is 0 Å². The summed E-state index contributed by atoms with van der Waals surface area (Å²) < 4.78 is 44.1. The maximum Gasteiger partial charge on any atom is 0.421 e. The number of rotatable bonds is 6. The first-order chi connectivity index (χ1) is 14.0. The summed E-state index contributed by atoms with van der Waals surface area (Å²) in [5.74, 6) is 0.244. The van der Waals surface area contributed by atoms with Gasteiger partial charge in [-0.05, 0) is 37.8 Å². The van der Waals surface area contributed by atoms with E-state index in [2.05, 4.69) is 25.5 Å². The summed E-state index contributed by atoms with van der Waals surface area (Å²) in [5.41, 5.74) is -0.864. The van der Waals surface area contributed by atoms with E-state index >= 15 is 0 Å². The number of alkyl halides is 3. The van der Waals surface area contributed by atoms with Crippen LogP contribution < -0.4 is 15.4 Å². The first-order valence-electron chi connectivity index (χ1n) is 10.3. The first kappa shape index (κ1) is 25.0. The van der Waals surface area contributed by atoms with Crippen molar-refractivity contribution >= 4 is 29.9 Å². The van der Waals surface area contributed by atoms with Crippen molar-refractivity contribution in [3.8, 4) is 5.88 Å². The molecule has 1 saturated carbocycles. The van der Waals surface area contributed by atoms with E-state index in [4.69, 9.17) is 4.74 Å². The van der Waals surface area contributed by atoms with E-state index in [9.17, 15) is 13.2 Å². The van der Waals surface area contributed by atoms with Crippen LogP contribution in [0.4, 0.5) is 13.2 Å². The highest BCUT2D eigenvalue weighted by atomic mass is 127. The number of aliphatic imine (C=N–C) groups is 1. The first-order valence-corrected chi connectivity index (χ1v) is 10.3. The lowest BCUT2D eigenvalue weighted by Gasteiger charge is -2.36. The summed E-state index contributed by atoms with van der Waals surface area (Å²) in [6.07, 6.45) is 4.29. The molecule has 0 radical (unpaired) electrons. The average Bonchev–Trinajstić information content (AvgIpc) is 3.25. The topological polar surface area (TPSA) is 61.8 Å². The van der Waals surface area contributed by atoms with Crippen LogP contribution >= 0.6 is 24.0 Å². The minimum Gasteiger partial charge on any atom is -0.475 e. The second-order valence-electron chi connectivity index (χ2n) is 7.59. The highest BCUT2D eigenvalue weighted by Crippen LogP contribution is 2.34. The molecule has 10 heteroatoms. The molecular weight excluding hydrogens is 510 g/mol. The SMILES string of the molecule is CN=C(NCCOc1ncccc1C(F)(F)F)NC1CCN(C2CCCC2)CC1.I. The zero-order valence-corrected chi connectivity index (χ0v) is 19.6. The third-order valence-corrected chi connectivity index (χ3v) is 5.64. The van der Waals surface area contributed by atoms with Gasteiger partial charge in [0, 0.05) is 38.4 Å². The number of hydrogen-bond acceptors (Lipinski definition) is 4. The molecule has 3 rings (SSSR count). The minimum absolute atomic E-state index is 0. The lowest BCUT2D eigenvalue weighted by atomic mass is 10.0. The maximum atomic E-state index is 13.0. The number of nitrogens with zero attached hydrogens (tertiary/aromatic N) is 3. The molecule has 2 aliphatic rings. The average molecular weight is 541 g/mol. The van der Waals surface area contributed by atoms with Crippen molar-refractivity contribution in [3.05, 3.63) is 23.9 Å². The maximum absolute atomic E-state index is 13.0. The molecule has 6 nitrogen and oxygen atoms in total. The number of pyridine rings is 1. The van der Waals surface area contributed by atoms with Gasteiger partial charge in [0.05, 0.1) is 6.54 Å². The van der Waals surface area contributed by atoms with Crippen molar-refractivity contribution in [1.82, 2.24) is 20.5 Å². The van der Waals surface area contributed by atoms with Gasteiger partial charge in [-0.1, -0.05) is 12.8 Å². The van der Waals surface area contributed by atoms with Crippen molar-refractivity contribution in [1.29, 1.82) is 0 Å². The van der Waals surface area contributed by atoms with Gasteiger partial charge in [-0.2, -0.15) is 13.2 Å². The van der Waals surface area contributed by atoms with Crippen molar-refractivity contribution in [3.63, 3.8) is 0 Å². The zero-order valence-electron chi connectivity index (χ0n) is 17.2. The third kappa shape index (κ3) is 7.14. The van der Waals surface area contributed by atoms with E-state index in [1.165, 1.54) is 37.9 Å². The third-order valence-electron chi connectivity index (χ3n) is 5.64. The fraction of sp³-hybridized carbons (Fsp3) is 0.700. The Kier molecular flexibility index (Phi) is 9.92. The molecule has 2 fully saturated rings. The molecule has 0 unspecified atom stereocenters. The van der Waals surface area contributed by atoms with Crippen LogP contribution in [0.25, 0.3) is 0 Å². The largest absolute Gasteiger partial charge is 0.475 e. The van der Waals surface area contributed by atoms with Gasteiger partial charge in [0.25, 0.3) is 0 Å². The summed E-state index contributed by atoms with van der Waals surface area (Å²) in [7, 11) is 1.68. The van der Waals surface area contributed by atoms with Gasteiger partial charge in [0.2, 0.25) is 5.88 Å². The molecule has 0 amide bonds.